The Kier molecular flexibility index (Phi) is 1.92. The molecule has 1 rings (SSSR count). The number of esters is 2. The number of rotatable bonds is 0. The van der Waals surface area contributed by atoms with Crippen molar-refractivity contribution in [1.29, 1.82) is 0 Å². The number of hydrogen-bond donors (Lipinski definition) is 0. The zero-order valence-corrected chi connectivity index (χ0v) is 7.67. The van der Waals surface area contributed by atoms with Crippen LogP contribution in [0.15, 0.2) is 0 Å². The molecular formula is C6H7BrO4. The van der Waals surface area contributed by atoms with Crippen molar-refractivity contribution in [2.75, 3.05) is 0 Å². The minimum Gasteiger partial charge on any atom is -0.447 e. The molecule has 5 heteroatoms. The van der Waals surface area contributed by atoms with Gasteiger partial charge >= 0.3 is 11.9 Å². The largest absolute Gasteiger partial charge is 0.447 e. The lowest BCUT2D eigenvalue weighted by atomic mass is 10.3. The standard InChI is InChI=1S/C6H7BrO4/c1-3-4(8)11-6(2,7)5(9)10-3/h3H,1-2H3. The Labute approximate surface area is 72.0 Å². The van der Waals surface area contributed by atoms with Crippen LogP contribution in [0.2, 0.25) is 0 Å². The molecule has 4 nitrogen and oxygen atoms in total. The molecule has 1 heterocycles. The number of carbonyl (C=O) groups excluding carboxylic acids is 2. The summed E-state index contributed by atoms with van der Waals surface area (Å²) in [4.78, 5) is 21.8. The smallest absolute Gasteiger partial charge is 0.362 e. The number of cyclic esters (lactones) is 2. The highest BCUT2D eigenvalue weighted by Gasteiger charge is 2.44. The molecule has 1 saturated heterocycles. The second-order valence-corrected chi connectivity index (χ2v) is 3.90. The van der Waals surface area contributed by atoms with E-state index in [0.29, 0.717) is 0 Å². The first kappa shape index (κ1) is 8.52. The predicted molar refractivity (Wildman–Crippen MR) is 39.0 cm³/mol. The van der Waals surface area contributed by atoms with E-state index in [-0.39, 0.29) is 0 Å². The zero-order valence-electron chi connectivity index (χ0n) is 6.09. The van der Waals surface area contributed by atoms with Gasteiger partial charge in [-0.25, -0.2) is 9.59 Å². The number of hydrogen-bond acceptors (Lipinski definition) is 4. The Morgan fingerprint density at radius 1 is 1.55 bits per heavy atom. The lowest BCUT2D eigenvalue weighted by Crippen LogP contribution is -2.47. The third-order valence-corrected chi connectivity index (χ3v) is 1.76. The molecule has 0 aromatic heterocycles. The SMILES string of the molecule is CC1OC(=O)C(C)(Br)OC1=O. The van der Waals surface area contributed by atoms with Crippen LogP contribution in [0.1, 0.15) is 13.8 Å². The van der Waals surface area contributed by atoms with Crippen molar-refractivity contribution in [3.8, 4) is 0 Å². The summed E-state index contributed by atoms with van der Waals surface area (Å²) in [5.41, 5.74) is 0. The van der Waals surface area contributed by atoms with Crippen LogP contribution in [0.4, 0.5) is 0 Å². The molecule has 0 spiro atoms. The fourth-order valence-electron chi connectivity index (χ4n) is 0.627. The molecule has 62 valence electrons. The van der Waals surface area contributed by atoms with Crippen LogP contribution in [-0.2, 0) is 19.1 Å². The Balaban J connectivity index is 2.79. The highest BCUT2D eigenvalue weighted by Crippen LogP contribution is 2.26. The first-order valence-electron chi connectivity index (χ1n) is 3.06. The van der Waals surface area contributed by atoms with Gasteiger partial charge in [0, 0.05) is 0 Å². The molecule has 1 aliphatic heterocycles. The summed E-state index contributed by atoms with van der Waals surface area (Å²) >= 11 is 2.91. The number of alkyl halides is 1. The van der Waals surface area contributed by atoms with Gasteiger partial charge in [-0.2, -0.15) is 0 Å². The molecule has 0 radical (unpaired) electrons. The minimum absolute atomic E-state index is 0.538. The molecule has 0 aliphatic carbocycles. The summed E-state index contributed by atoms with van der Waals surface area (Å²) in [6.45, 7) is 2.88. The molecule has 0 aromatic rings. The molecule has 0 aromatic carbocycles. The van der Waals surface area contributed by atoms with Gasteiger partial charge in [-0.3, -0.25) is 0 Å². The molecule has 1 fully saturated rings. The maximum Gasteiger partial charge on any atom is 0.362 e. The third-order valence-electron chi connectivity index (χ3n) is 1.27. The lowest BCUT2D eigenvalue weighted by Gasteiger charge is -2.28. The summed E-state index contributed by atoms with van der Waals surface area (Å²) in [6, 6.07) is 0. The lowest BCUT2D eigenvalue weighted by molar-refractivity contribution is -0.195. The Morgan fingerprint density at radius 3 is 2.55 bits per heavy atom. The van der Waals surface area contributed by atoms with Crippen molar-refractivity contribution in [3.63, 3.8) is 0 Å². The first-order valence-corrected chi connectivity index (χ1v) is 3.85. The van der Waals surface area contributed by atoms with Gasteiger partial charge in [0.1, 0.15) is 0 Å². The van der Waals surface area contributed by atoms with E-state index in [2.05, 4.69) is 20.7 Å². The van der Waals surface area contributed by atoms with E-state index in [1.807, 2.05) is 0 Å². The molecule has 0 amide bonds. The predicted octanol–water partition coefficient (Wildman–Crippen LogP) is 0.586. The fourth-order valence-corrected chi connectivity index (χ4v) is 0.880. The van der Waals surface area contributed by atoms with Gasteiger partial charge < -0.3 is 9.47 Å². The molecule has 11 heavy (non-hydrogen) atoms. The van der Waals surface area contributed by atoms with E-state index in [1.54, 1.807) is 0 Å². The van der Waals surface area contributed by atoms with Crippen molar-refractivity contribution in [2.24, 2.45) is 0 Å². The maximum absolute atomic E-state index is 10.9. The van der Waals surface area contributed by atoms with Crippen LogP contribution in [0.25, 0.3) is 0 Å². The van der Waals surface area contributed by atoms with Crippen molar-refractivity contribution in [3.05, 3.63) is 0 Å². The summed E-state index contributed by atoms with van der Waals surface area (Å²) in [5, 5.41) is 0. The average molecular weight is 223 g/mol. The molecule has 2 atom stereocenters. The quantitative estimate of drug-likeness (QED) is 0.445. The van der Waals surface area contributed by atoms with Gasteiger partial charge in [0.2, 0.25) is 0 Å². The summed E-state index contributed by atoms with van der Waals surface area (Å²) in [7, 11) is 0. The summed E-state index contributed by atoms with van der Waals surface area (Å²) < 4.78 is 8.05. The van der Waals surface area contributed by atoms with Crippen molar-refractivity contribution in [1.82, 2.24) is 0 Å². The molecule has 0 bridgehead atoms. The van der Waals surface area contributed by atoms with Crippen LogP contribution in [0, 0.1) is 0 Å². The highest BCUT2D eigenvalue weighted by atomic mass is 79.9. The number of ether oxygens (including phenoxy) is 2. The topological polar surface area (TPSA) is 52.6 Å². The van der Waals surface area contributed by atoms with E-state index in [0.717, 1.165) is 0 Å². The molecule has 0 saturated carbocycles. The van der Waals surface area contributed by atoms with Gasteiger partial charge in [0.25, 0.3) is 4.51 Å². The molecule has 2 unspecified atom stereocenters. The summed E-state index contributed by atoms with van der Waals surface area (Å²) in [5.74, 6) is -1.12. The van der Waals surface area contributed by atoms with Crippen molar-refractivity contribution < 1.29 is 19.1 Å². The number of halogens is 1. The van der Waals surface area contributed by atoms with Crippen LogP contribution >= 0.6 is 15.9 Å². The highest BCUT2D eigenvalue weighted by molar-refractivity contribution is 9.10. The van der Waals surface area contributed by atoms with Gasteiger partial charge in [0.15, 0.2) is 6.10 Å². The van der Waals surface area contributed by atoms with Gasteiger partial charge in [-0.1, -0.05) is 0 Å². The average Bonchev–Trinajstić information content (AvgIpc) is 1.83. The Morgan fingerprint density at radius 2 is 2.09 bits per heavy atom. The van der Waals surface area contributed by atoms with Crippen LogP contribution < -0.4 is 0 Å². The van der Waals surface area contributed by atoms with Crippen LogP contribution in [0.3, 0.4) is 0 Å². The minimum atomic E-state index is -1.31. The monoisotopic (exact) mass is 222 g/mol. The molecule has 1 aliphatic rings. The van der Waals surface area contributed by atoms with E-state index in [4.69, 9.17) is 4.74 Å². The zero-order chi connectivity index (χ0) is 8.65. The van der Waals surface area contributed by atoms with E-state index in [9.17, 15) is 9.59 Å². The first-order chi connectivity index (χ1) is 4.93. The Bertz CT molecular complexity index is 211. The van der Waals surface area contributed by atoms with Crippen molar-refractivity contribution >= 4 is 27.9 Å². The molecular weight excluding hydrogens is 216 g/mol. The molecule has 0 N–H and O–H groups in total. The maximum atomic E-state index is 10.9. The number of carbonyl (C=O) groups is 2. The fraction of sp³-hybridized carbons (Fsp3) is 0.667. The van der Waals surface area contributed by atoms with Crippen molar-refractivity contribution in [2.45, 2.75) is 24.5 Å². The van der Waals surface area contributed by atoms with E-state index >= 15 is 0 Å². The second-order valence-electron chi connectivity index (χ2n) is 2.39. The van der Waals surface area contributed by atoms with Crippen LogP contribution in [0.5, 0.6) is 0 Å². The normalized spacial score (nSPS) is 37.9. The third kappa shape index (κ3) is 1.53. The van der Waals surface area contributed by atoms with Gasteiger partial charge in [-0.05, 0) is 29.8 Å². The van der Waals surface area contributed by atoms with Gasteiger partial charge in [-0.15, -0.1) is 0 Å². The van der Waals surface area contributed by atoms with Crippen LogP contribution in [-0.4, -0.2) is 22.6 Å². The van der Waals surface area contributed by atoms with E-state index in [1.165, 1.54) is 13.8 Å². The van der Waals surface area contributed by atoms with Gasteiger partial charge in [0.05, 0.1) is 0 Å². The summed E-state index contributed by atoms with van der Waals surface area (Å²) in [6.07, 6.45) is -0.798. The Hall–Kier alpha value is -0.580. The van der Waals surface area contributed by atoms with E-state index < -0.39 is 22.6 Å². The second kappa shape index (κ2) is 2.48.